The Kier molecular flexibility index (Phi) is 3.27. The molecule has 0 radical (unpaired) electrons. The van der Waals surface area contributed by atoms with Gasteiger partial charge in [0, 0.05) is 49.4 Å². The molecule has 0 saturated carbocycles. The molecule has 1 saturated heterocycles. The van der Waals surface area contributed by atoms with Gasteiger partial charge in [0.15, 0.2) is 0 Å². The third kappa shape index (κ3) is 2.04. The Morgan fingerprint density at radius 2 is 2.11 bits per heavy atom. The Balaban J connectivity index is 2.11. The number of ether oxygens (including phenoxy) is 2. The first-order valence-electron chi connectivity index (χ1n) is 6.92. The molecule has 0 amide bonds. The molecule has 104 valence electrons. The van der Waals surface area contributed by atoms with E-state index in [4.69, 9.17) is 9.47 Å². The van der Waals surface area contributed by atoms with Gasteiger partial charge in [-0.15, -0.1) is 0 Å². The van der Waals surface area contributed by atoms with Gasteiger partial charge in [0.2, 0.25) is 0 Å². The van der Waals surface area contributed by atoms with E-state index >= 15 is 0 Å². The van der Waals surface area contributed by atoms with E-state index in [0.717, 1.165) is 37.1 Å². The monoisotopic (exact) mass is 262 g/mol. The highest BCUT2D eigenvalue weighted by Crippen LogP contribution is 2.47. The number of nitrogens with one attached hydrogen (secondary N) is 1. The van der Waals surface area contributed by atoms with Crippen molar-refractivity contribution in [2.45, 2.75) is 12.3 Å². The molecular weight excluding hydrogens is 240 g/mol. The summed E-state index contributed by atoms with van der Waals surface area (Å²) >= 11 is 0. The second-order valence-corrected chi connectivity index (χ2v) is 5.50. The van der Waals surface area contributed by atoms with Gasteiger partial charge in [0.05, 0.1) is 14.2 Å². The SMILES string of the molecule is COc1cc(OC)c2c(c1)N(C)CC1CCNCC21. The van der Waals surface area contributed by atoms with E-state index in [9.17, 15) is 0 Å². The van der Waals surface area contributed by atoms with Gasteiger partial charge < -0.3 is 19.7 Å². The molecule has 1 N–H and O–H groups in total. The van der Waals surface area contributed by atoms with Gasteiger partial charge in [-0.05, 0) is 18.9 Å². The first-order valence-corrected chi connectivity index (χ1v) is 6.92. The molecule has 2 unspecified atom stereocenters. The molecule has 0 aromatic heterocycles. The summed E-state index contributed by atoms with van der Waals surface area (Å²) in [7, 11) is 5.61. The van der Waals surface area contributed by atoms with Gasteiger partial charge in [0.1, 0.15) is 11.5 Å². The Labute approximate surface area is 114 Å². The van der Waals surface area contributed by atoms with Crippen molar-refractivity contribution in [3.05, 3.63) is 17.7 Å². The predicted molar refractivity (Wildman–Crippen MR) is 76.5 cm³/mol. The molecule has 4 nitrogen and oxygen atoms in total. The zero-order chi connectivity index (χ0) is 13.4. The lowest BCUT2D eigenvalue weighted by Crippen LogP contribution is -2.44. The number of fused-ring (bicyclic) bond motifs is 3. The molecule has 0 bridgehead atoms. The quantitative estimate of drug-likeness (QED) is 0.882. The van der Waals surface area contributed by atoms with Crippen molar-refractivity contribution in [1.82, 2.24) is 5.32 Å². The highest BCUT2D eigenvalue weighted by atomic mass is 16.5. The van der Waals surface area contributed by atoms with Gasteiger partial charge in [0.25, 0.3) is 0 Å². The topological polar surface area (TPSA) is 33.7 Å². The van der Waals surface area contributed by atoms with Crippen molar-refractivity contribution >= 4 is 5.69 Å². The van der Waals surface area contributed by atoms with Crippen LogP contribution in [0.4, 0.5) is 5.69 Å². The number of nitrogens with zero attached hydrogens (tertiary/aromatic N) is 1. The van der Waals surface area contributed by atoms with Gasteiger partial charge in [-0.1, -0.05) is 0 Å². The van der Waals surface area contributed by atoms with Crippen molar-refractivity contribution in [2.75, 3.05) is 45.8 Å². The van der Waals surface area contributed by atoms with Crippen LogP contribution < -0.4 is 19.7 Å². The minimum Gasteiger partial charge on any atom is -0.497 e. The Bertz CT molecular complexity index is 475. The third-order valence-corrected chi connectivity index (χ3v) is 4.46. The second-order valence-electron chi connectivity index (χ2n) is 5.50. The minimum absolute atomic E-state index is 0.556. The van der Waals surface area contributed by atoms with E-state index in [2.05, 4.69) is 23.3 Å². The maximum atomic E-state index is 5.62. The van der Waals surface area contributed by atoms with Gasteiger partial charge in [-0.2, -0.15) is 0 Å². The summed E-state index contributed by atoms with van der Waals surface area (Å²) in [5, 5.41) is 3.51. The molecule has 0 aliphatic carbocycles. The summed E-state index contributed by atoms with van der Waals surface area (Å²) in [5.74, 6) is 3.10. The summed E-state index contributed by atoms with van der Waals surface area (Å²) in [4.78, 5) is 2.34. The molecule has 3 rings (SSSR count). The summed E-state index contributed by atoms with van der Waals surface area (Å²) in [6.45, 7) is 3.30. The molecule has 2 aliphatic heterocycles. The molecule has 4 heteroatoms. The van der Waals surface area contributed by atoms with E-state index in [1.54, 1.807) is 14.2 Å². The average molecular weight is 262 g/mol. The minimum atomic E-state index is 0.556. The Hall–Kier alpha value is -1.42. The molecule has 1 fully saturated rings. The fourth-order valence-corrected chi connectivity index (χ4v) is 3.48. The number of benzene rings is 1. The average Bonchev–Trinajstić information content (AvgIpc) is 2.46. The lowest BCUT2D eigenvalue weighted by atomic mass is 9.77. The molecule has 19 heavy (non-hydrogen) atoms. The third-order valence-electron chi connectivity index (χ3n) is 4.46. The van der Waals surface area contributed by atoms with Crippen molar-refractivity contribution in [3.63, 3.8) is 0 Å². The molecular formula is C15H22N2O2. The zero-order valence-electron chi connectivity index (χ0n) is 11.9. The molecule has 2 atom stereocenters. The lowest BCUT2D eigenvalue weighted by molar-refractivity contribution is 0.304. The van der Waals surface area contributed by atoms with Crippen molar-refractivity contribution in [1.29, 1.82) is 0 Å². The van der Waals surface area contributed by atoms with E-state index < -0.39 is 0 Å². The van der Waals surface area contributed by atoms with Gasteiger partial charge in [-0.25, -0.2) is 0 Å². The summed E-state index contributed by atoms with van der Waals surface area (Å²) in [5.41, 5.74) is 2.59. The van der Waals surface area contributed by atoms with Crippen molar-refractivity contribution < 1.29 is 9.47 Å². The number of rotatable bonds is 2. The van der Waals surface area contributed by atoms with E-state index in [1.807, 2.05) is 6.07 Å². The van der Waals surface area contributed by atoms with E-state index in [1.165, 1.54) is 17.7 Å². The normalized spacial score (nSPS) is 25.5. The largest absolute Gasteiger partial charge is 0.497 e. The highest BCUT2D eigenvalue weighted by Gasteiger charge is 2.36. The van der Waals surface area contributed by atoms with Crippen LogP contribution in [0.3, 0.4) is 0 Å². The van der Waals surface area contributed by atoms with Crippen LogP contribution in [-0.4, -0.2) is 40.9 Å². The summed E-state index contributed by atoms with van der Waals surface area (Å²) < 4.78 is 11.0. The maximum Gasteiger partial charge on any atom is 0.128 e. The fraction of sp³-hybridized carbons (Fsp3) is 0.600. The lowest BCUT2D eigenvalue weighted by Gasteiger charge is -2.43. The number of piperidine rings is 1. The van der Waals surface area contributed by atoms with Crippen LogP contribution in [0.25, 0.3) is 0 Å². The molecule has 1 aromatic carbocycles. The standard InChI is InChI=1S/C15H22N2O2/c1-17-9-10-4-5-16-8-12(10)15-13(17)6-11(18-2)7-14(15)19-3/h6-7,10,12,16H,4-5,8-9H2,1-3H3. The van der Waals surface area contributed by atoms with Crippen molar-refractivity contribution in [2.24, 2.45) is 5.92 Å². The second kappa shape index (κ2) is 4.93. The molecule has 0 spiro atoms. The van der Waals surface area contributed by atoms with Crippen LogP contribution in [0.1, 0.15) is 17.9 Å². The van der Waals surface area contributed by atoms with Crippen LogP contribution in [0, 0.1) is 5.92 Å². The first kappa shape index (κ1) is 12.6. The van der Waals surface area contributed by atoms with Gasteiger partial charge in [-0.3, -0.25) is 0 Å². The van der Waals surface area contributed by atoms with Crippen LogP contribution >= 0.6 is 0 Å². The molecule has 2 aliphatic rings. The van der Waals surface area contributed by atoms with Crippen LogP contribution in [0.2, 0.25) is 0 Å². The first-order chi connectivity index (χ1) is 9.24. The van der Waals surface area contributed by atoms with Crippen LogP contribution in [-0.2, 0) is 0 Å². The van der Waals surface area contributed by atoms with Crippen molar-refractivity contribution in [3.8, 4) is 11.5 Å². The predicted octanol–water partition coefficient (Wildman–Crippen LogP) is 1.85. The zero-order valence-corrected chi connectivity index (χ0v) is 11.9. The number of hydrogen-bond acceptors (Lipinski definition) is 4. The van der Waals surface area contributed by atoms with Crippen LogP contribution in [0.5, 0.6) is 11.5 Å². The Morgan fingerprint density at radius 3 is 2.84 bits per heavy atom. The highest BCUT2D eigenvalue weighted by molar-refractivity contribution is 5.66. The van der Waals surface area contributed by atoms with Gasteiger partial charge >= 0.3 is 0 Å². The maximum absolute atomic E-state index is 5.62. The number of anilines is 1. The van der Waals surface area contributed by atoms with E-state index in [0.29, 0.717) is 5.92 Å². The van der Waals surface area contributed by atoms with Crippen LogP contribution in [0.15, 0.2) is 12.1 Å². The number of hydrogen-bond donors (Lipinski definition) is 1. The Morgan fingerprint density at radius 1 is 1.26 bits per heavy atom. The summed E-state index contributed by atoms with van der Waals surface area (Å²) in [6, 6.07) is 4.13. The van der Waals surface area contributed by atoms with E-state index in [-0.39, 0.29) is 0 Å². The molecule has 1 aromatic rings. The summed E-state index contributed by atoms with van der Waals surface area (Å²) in [6.07, 6.45) is 1.24. The number of methoxy groups -OCH3 is 2. The fourth-order valence-electron chi connectivity index (χ4n) is 3.48. The molecule has 2 heterocycles. The smallest absolute Gasteiger partial charge is 0.128 e.